The second kappa shape index (κ2) is 6.03. The summed E-state index contributed by atoms with van der Waals surface area (Å²) in [5.41, 5.74) is 0. The van der Waals surface area contributed by atoms with Crippen molar-refractivity contribution in [3.63, 3.8) is 0 Å². The van der Waals surface area contributed by atoms with Gasteiger partial charge in [0.2, 0.25) is 0 Å². The molecule has 1 unspecified atom stereocenters. The fourth-order valence-electron chi connectivity index (χ4n) is 2.54. The van der Waals surface area contributed by atoms with Crippen LogP contribution in [0.25, 0.3) is 0 Å². The molecule has 0 aliphatic carbocycles. The maximum absolute atomic E-state index is 4.67. The quantitative estimate of drug-likeness (QED) is 0.889. The summed E-state index contributed by atoms with van der Waals surface area (Å²) in [4.78, 5) is 11.5. The van der Waals surface area contributed by atoms with Gasteiger partial charge in [-0.25, -0.2) is 9.97 Å². The molecule has 0 amide bonds. The summed E-state index contributed by atoms with van der Waals surface area (Å²) in [7, 11) is 1.91. The van der Waals surface area contributed by atoms with Crippen LogP contribution in [0.2, 0.25) is 0 Å². The summed E-state index contributed by atoms with van der Waals surface area (Å²) < 4.78 is 0. The monoisotopic (exact) mass is 248 g/mol. The molecule has 0 aromatic carbocycles. The van der Waals surface area contributed by atoms with E-state index in [2.05, 4.69) is 40.1 Å². The number of aryl methyl sites for hydroxylation is 1. The smallest absolute Gasteiger partial charge is 0.134 e. The van der Waals surface area contributed by atoms with E-state index in [9.17, 15) is 0 Å². The molecular weight excluding hydrogens is 224 g/mol. The predicted octanol–water partition coefficient (Wildman–Crippen LogP) is 2.71. The average Bonchev–Trinajstić information content (AvgIpc) is 2.46. The Morgan fingerprint density at radius 3 is 2.89 bits per heavy atom. The number of anilines is 2. The number of piperidine rings is 1. The first-order chi connectivity index (χ1) is 8.76. The molecule has 0 radical (unpaired) electrons. The molecule has 1 fully saturated rings. The SMILES string of the molecule is CCc1nc(NC)cc(N2CCCC(CC)C2)n1. The van der Waals surface area contributed by atoms with Crippen LogP contribution < -0.4 is 10.2 Å². The Labute approximate surface area is 110 Å². The fourth-order valence-corrected chi connectivity index (χ4v) is 2.54. The number of rotatable bonds is 4. The van der Waals surface area contributed by atoms with Crippen LogP contribution in [0.4, 0.5) is 11.6 Å². The third kappa shape index (κ3) is 2.92. The number of nitrogens with one attached hydrogen (secondary N) is 1. The maximum Gasteiger partial charge on any atom is 0.134 e. The summed E-state index contributed by atoms with van der Waals surface area (Å²) in [6.07, 6.45) is 4.78. The number of hydrogen-bond donors (Lipinski definition) is 1. The van der Waals surface area contributed by atoms with E-state index in [1.54, 1.807) is 0 Å². The second-order valence-electron chi connectivity index (χ2n) is 4.99. The van der Waals surface area contributed by atoms with Crippen molar-refractivity contribution in [2.75, 3.05) is 30.4 Å². The molecular formula is C14H24N4. The zero-order valence-electron chi connectivity index (χ0n) is 11.7. The topological polar surface area (TPSA) is 41.1 Å². The fraction of sp³-hybridized carbons (Fsp3) is 0.714. The van der Waals surface area contributed by atoms with E-state index in [-0.39, 0.29) is 0 Å². The molecule has 1 saturated heterocycles. The summed E-state index contributed by atoms with van der Waals surface area (Å²) in [6, 6.07) is 2.07. The molecule has 1 aromatic heterocycles. The second-order valence-corrected chi connectivity index (χ2v) is 4.99. The van der Waals surface area contributed by atoms with Gasteiger partial charge < -0.3 is 10.2 Å². The highest BCUT2D eigenvalue weighted by molar-refractivity contribution is 5.49. The first-order valence-corrected chi connectivity index (χ1v) is 7.07. The van der Waals surface area contributed by atoms with Gasteiger partial charge in [-0.15, -0.1) is 0 Å². The molecule has 0 bridgehead atoms. The van der Waals surface area contributed by atoms with Gasteiger partial charge in [-0.2, -0.15) is 0 Å². The van der Waals surface area contributed by atoms with E-state index in [0.29, 0.717) is 0 Å². The van der Waals surface area contributed by atoms with Crippen molar-refractivity contribution in [2.45, 2.75) is 39.5 Å². The highest BCUT2D eigenvalue weighted by Crippen LogP contribution is 2.24. The van der Waals surface area contributed by atoms with Crippen LogP contribution in [0.15, 0.2) is 6.07 Å². The minimum absolute atomic E-state index is 0.817. The van der Waals surface area contributed by atoms with Crippen LogP contribution >= 0.6 is 0 Å². The van der Waals surface area contributed by atoms with Gasteiger partial charge in [0.25, 0.3) is 0 Å². The third-order valence-corrected chi connectivity index (χ3v) is 3.75. The highest BCUT2D eigenvalue weighted by Gasteiger charge is 2.20. The van der Waals surface area contributed by atoms with Crippen LogP contribution in [0.3, 0.4) is 0 Å². The molecule has 18 heavy (non-hydrogen) atoms. The number of hydrogen-bond acceptors (Lipinski definition) is 4. The summed E-state index contributed by atoms with van der Waals surface area (Å²) in [6.45, 7) is 6.65. The van der Waals surface area contributed by atoms with Crippen LogP contribution in [0, 0.1) is 5.92 Å². The Morgan fingerprint density at radius 2 is 2.22 bits per heavy atom. The largest absolute Gasteiger partial charge is 0.373 e. The standard InChI is InChI=1S/C14H24N4/c1-4-11-7-6-8-18(10-11)14-9-13(15-3)16-12(5-2)17-14/h9,11H,4-8,10H2,1-3H3,(H,15,16,17). The summed E-state index contributed by atoms with van der Waals surface area (Å²) >= 11 is 0. The summed E-state index contributed by atoms with van der Waals surface area (Å²) in [5, 5.41) is 3.13. The maximum atomic E-state index is 4.67. The predicted molar refractivity (Wildman–Crippen MR) is 76.2 cm³/mol. The van der Waals surface area contributed by atoms with Gasteiger partial charge >= 0.3 is 0 Å². The number of aromatic nitrogens is 2. The summed E-state index contributed by atoms with van der Waals surface area (Å²) in [5.74, 6) is 3.76. The Kier molecular flexibility index (Phi) is 4.39. The highest BCUT2D eigenvalue weighted by atomic mass is 15.2. The molecule has 0 saturated carbocycles. The van der Waals surface area contributed by atoms with Crippen molar-refractivity contribution in [3.8, 4) is 0 Å². The van der Waals surface area contributed by atoms with Crippen LogP contribution in [0.1, 0.15) is 38.9 Å². The van der Waals surface area contributed by atoms with Gasteiger partial charge in [-0.05, 0) is 18.8 Å². The van der Waals surface area contributed by atoms with Crippen molar-refractivity contribution < 1.29 is 0 Å². The van der Waals surface area contributed by atoms with E-state index < -0.39 is 0 Å². The Morgan fingerprint density at radius 1 is 1.39 bits per heavy atom. The molecule has 4 heteroatoms. The van der Waals surface area contributed by atoms with Crippen LogP contribution in [0.5, 0.6) is 0 Å². The molecule has 4 nitrogen and oxygen atoms in total. The van der Waals surface area contributed by atoms with E-state index in [1.807, 2.05) is 7.05 Å². The zero-order valence-corrected chi connectivity index (χ0v) is 11.7. The lowest BCUT2D eigenvalue weighted by Crippen LogP contribution is -2.36. The normalized spacial score (nSPS) is 19.9. The minimum Gasteiger partial charge on any atom is -0.373 e. The molecule has 1 aromatic rings. The van der Waals surface area contributed by atoms with E-state index in [0.717, 1.165) is 42.9 Å². The van der Waals surface area contributed by atoms with Crippen molar-refractivity contribution in [1.82, 2.24) is 9.97 Å². The van der Waals surface area contributed by atoms with E-state index in [4.69, 9.17) is 0 Å². The molecule has 2 heterocycles. The molecule has 1 N–H and O–H groups in total. The molecule has 2 rings (SSSR count). The first kappa shape index (κ1) is 13.1. The average molecular weight is 248 g/mol. The third-order valence-electron chi connectivity index (χ3n) is 3.75. The first-order valence-electron chi connectivity index (χ1n) is 7.07. The molecule has 1 atom stereocenters. The van der Waals surface area contributed by atoms with Crippen molar-refractivity contribution in [2.24, 2.45) is 5.92 Å². The lowest BCUT2D eigenvalue weighted by molar-refractivity contribution is 0.403. The Hall–Kier alpha value is -1.32. The number of nitrogens with zero attached hydrogens (tertiary/aromatic N) is 3. The van der Waals surface area contributed by atoms with Gasteiger partial charge in [0.15, 0.2) is 0 Å². The zero-order chi connectivity index (χ0) is 13.0. The molecule has 100 valence electrons. The Balaban J connectivity index is 2.20. The van der Waals surface area contributed by atoms with Gasteiger partial charge in [0.1, 0.15) is 17.5 Å². The van der Waals surface area contributed by atoms with Gasteiger partial charge in [-0.1, -0.05) is 20.3 Å². The molecule has 1 aliphatic rings. The van der Waals surface area contributed by atoms with Crippen LogP contribution in [-0.2, 0) is 6.42 Å². The van der Waals surface area contributed by atoms with Gasteiger partial charge in [0.05, 0.1) is 0 Å². The van der Waals surface area contributed by atoms with Gasteiger partial charge in [0, 0.05) is 32.6 Å². The van der Waals surface area contributed by atoms with E-state index >= 15 is 0 Å². The lowest BCUT2D eigenvalue weighted by Gasteiger charge is -2.33. The van der Waals surface area contributed by atoms with Crippen LogP contribution in [-0.4, -0.2) is 30.1 Å². The Bertz CT molecular complexity index is 369. The van der Waals surface area contributed by atoms with Crippen molar-refractivity contribution in [1.29, 1.82) is 0 Å². The molecule has 0 spiro atoms. The van der Waals surface area contributed by atoms with Gasteiger partial charge in [-0.3, -0.25) is 0 Å². The molecule has 1 aliphatic heterocycles. The minimum atomic E-state index is 0.817. The van der Waals surface area contributed by atoms with E-state index in [1.165, 1.54) is 19.3 Å². The lowest BCUT2D eigenvalue weighted by atomic mass is 9.96. The van der Waals surface area contributed by atoms with Crippen molar-refractivity contribution in [3.05, 3.63) is 11.9 Å². The van der Waals surface area contributed by atoms with Crippen molar-refractivity contribution >= 4 is 11.6 Å².